The van der Waals surface area contributed by atoms with Crippen molar-refractivity contribution in [1.29, 1.82) is 0 Å². The van der Waals surface area contributed by atoms with Gasteiger partial charge in [-0.15, -0.1) is 0 Å². The van der Waals surface area contributed by atoms with Crippen LogP contribution in [0.4, 0.5) is 5.69 Å². The Bertz CT molecular complexity index is 354. The van der Waals surface area contributed by atoms with Crippen molar-refractivity contribution in [2.75, 3.05) is 18.0 Å². The molecule has 1 aromatic rings. The first-order valence-corrected chi connectivity index (χ1v) is 6.46. The molecule has 0 saturated carbocycles. The van der Waals surface area contributed by atoms with Crippen molar-refractivity contribution < 1.29 is 4.79 Å². The van der Waals surface area contributed by atoms with Gasteiger partial charge in [-0.25, -0.2) is 0 Å². The summed E-state index contributed by atoms with van der Waals surface area (Å²) in [6.07, 6.45) is 0.572. The fourth-order valence-electron chi connectivity index (χ4n) is 1.92. The maximum absolute atomic E-state index is 11.5. The van der Waals surface area contributed by atoms with E-state index in [4.69, 9.17) is 0 Å². The van der Waals surface area contributed by atoms with Crippen molar-refractivity contribution in [3.63, 3.8) is 0 Å². The number of anilines is 1. The van der Waals surface area contributed by atoms with E-state index in [1.54, 1.807) is 0 Å². The molecular formula is C15H23NO. The molecule has 2 heteroatoms. The van der Waals surface area contributed by atoms with E-state index in [1.165, 1.54) is 5.69 Å². The van der Waals surface area contributed by atoms with Gasteiger partial charge >= 0.3 is 0 Å². The summed E-state index contributed by atoms with van der Waals surface area (Å²) in [7, 11) is 0. The van der Waals surface area contributed by atoms with E-state index >= 15 is 0 Å². The lowest BCUT2D eigenvalue weighted by Crippen LogP contribution is -2.27. The number of benzene rings is 1. The van der Waals surface area contributed by atoms with Gasteiger partial charge in [-0.2, -0.15) is 0 Å². The van der Waals surface area contributed by atoms with E-state index in [0.29, 0.717) is 12.3 Å². The molecule has 0 aliphatic rings. The molecule has 0 atom stereocenters. The monoisotopic (exact) mass is 233 g/mol. The van der Waals surface area contributed by atoms with Crippen molar-refractivity contribution in [3.8, 4) is 0 Å². The molecular weight excluding hydrogens is 210 g/mol. The highest BCUT2D eigenvalue weighted by atomic mass is 16.1. The van der Waals surface area contributed by atoms with Gasteiger partial charge in [-0.3, -0.25) is 4.79 Å². The van der Waals surface area contributed by atoms with Crippen molar-refractivity contribution in [1.82, 2.24) is 0 Å². The van der Waals surface area contributed by atoms with E-state index in [9.17, 15) is 4.79 Å². The van der Waals surface area contributed by atoms with Crippen LogP contribution in [0.2, 0.25) is 0 Å². The number of Topliss-reactive ketones (excluding diaryl/α,β-unsaturated/α-hetero) is 1. The Morgan fingerprint density at radius 1 is 1.18 bits per heavy atom. The van der Waals surface area contributed by atoms with Gasteiger partial charge in [0.2, 0.25) is 0 Å². The van der Waals surface area contributed by atoms with E-state index in [-0.39, 0.29) is 5.78 Å². The summed E-state index contributed by atoms with van der Waals surface area (Å²) in [6.45, 7) is 10.5. The first-order valence-electron chi connectivity index (χ1n) is 6.46. The van der Waals surface area contributed by atoms with Gasteiger partial charge < -0.3 is 4.90 Å². The third kappa shape index (κ3) is 3.88. The van der Waals surface area contributed by atoms with Crippen molar-refractivity contribution in [2.45, 2.75) is 34.1 Å². The van der Waals surface area contributed by atoms with Crippen LogP contribution in [0.1, 0.15) is 44.5 Å². The maximum atomic E-state index is 11.5. The Hall–Kier alpha value is -1.31. The maximum Gasteiger partial charge on any atom is 0.162 e. The van der Waals surface area contributed by atoms with E-state index in [0.717, 1.165) is 18.7 Å². The second kappa shape index (κ2) is 6.43. The number of carbonyl (C=O) groups is 1. The second-order valence-corrected chi connectivity index (χ2v) is 4.76. The summed E-state index contributed by atoms with van der Waals surface area (Å²) >= 11 is 0. The quantitative estimate of drug-likeness (QED) is 0.697. The summed E-state index contributed by atoms with van der Waals surface area (Å²) in [5.74, 6) is 0.857. The summed E-state index contributed by atoms with van der Waals surface area (Å²) in [5.41, 5.74) is 2.02. The molecule has 0 N–H and O–H groups in total. The smallest absolute Gasteiger partial charge is 0.162 e. The van der Waals surface area contributed by atoms with Crippen LogP contribution in [0.15, 0.2) is 24.3 Å². The summed E-state index contributed by atoms with van der Waals surface area (Å²) in [5, 5.41) is 0. The predicted molar refractivity (Wildman–Crippen MR) is 73.8 cm³/mol. The van der Waals surface area contributed by atoms with E-state index < -0.39 is 0 Å². The Balaban J connectivity index is 2.81. The number of rotatable bonds is 6. The van der Waals surface area contributed by atoms with Crippen LogP contribution in [0, 0.1) is 5.92 Å². The number of hydrogen-bond acceptors (Lipinski definition) is 2. The zero-order valence-electron chi connectivity index (χ0n) is 11.4. The molecule has 1 aromatic carbocycles. The standard InChI is InChI=1S/C15H23NO/c1-5-15(17)13-7-9-14(10-8-13)16(6-2)11-12(3)4/h7-10,12H,5-6,11H2,1-4H3. The number of ketones is 1. The molecule has 17 heavy (non-hydrogen) atoms. The SMILES string of the molecule is CCC(=O)c1ccc(N(CC)CC(C)C)cc1. The highest BCUT2D eigenvalue weighted by Gasteiger charge is 2.08. The minimum absolute atomic E-state index is 0.212. The molecule has 0 amide bonds. The normalized spacial score (nSPS) is 10.6. The topological polar surface area (TPSA) is 20.3 Å². The molecule has 2 nitrogen and oxygen atoms in total. The highest BCUT2D eigenvalue weighted by molar-refractivity contribution is 5.96. The molecule has 0 aromatic heterocycles. The van der Waals surface area contributed by atoms with Crippen LogP contribution in [0.5, 0.6) is 0 Å². The van der Waals surface area contributed by atoms with E-state index in [2.05, 4.69) is 37.8 Å². The number of hydrogen-bond donors (Lipinski definition) is 0. The van der Waals surface area contributed by atoms with E-state index in [1.807, 2.05) is 19.1 Å². The van der Waals surface area contributed by atoms with Crippen molar-refractivity contribution in [2.24, 2.45) is 5.92 Å². The summed E-state index contributed by atoms with van der Waals surface area (Å²) in [4.78, 5) is 13.9. The molecule has 0 radical (unpaired) electrons. The fraction of sp³-hybridized carbons (Fsp3) is 0.533. The first kappa shape index (κ1) is 13.8. The Kier molecular flexibility index (Phi) is 5.20. The lowest BCUT2D eigenvalue weighted by Gasteiger charge is -2.25. The number of nitrogens with zero attached hydrogens (tertiary/aromatic N) is 1. The van der Waals surface area contributed by atoms with Crippen molar-refractivity contribution >= 4 is 11.5 Å². The molecule has 0 bridgehead atoms. The Labute approximate surface area is 105 Å². The zero-order valence-corrected chi connectivity index (χ0v) is 11.4. The molecule has 0 aliphatic carbocycles. The molecule has 0 heterocycles. The van der Waals surface area contributed by atoms with Crippen LogP contribution >= 0.6 is 0 Å². The van der Waals surface area contributed by atoms with Crippen LogP contribution in [-0.2, 0) is 0 Å². The zero-order chi connectivity index (χ0) is 12.8. The third-order valence-corrected chi connectivity index (χ3v) is 2.84. The molecule has 0 saturated heterocycles. The fourth-order valence-corrected chi connectivity index (χ4v) is 1.92. The van der Waals surface area contributed by atoms with Gasteiger partial charge in [-0.1, -0.05) is 20.8 Å². The molecule has 0 spiro atoms. The van der Waals surface area contributed by atoms with Crippen LogP contribution < -0.4 is 4.90 Å². The lowest BCUT2D eigenvalue weighted by molar-refractivity contribution is 0.0988. The summed E-state index contributed by atoms with van der Waals surface area (Å²) in [6, 6.07) is 7.97. The molecule has 0 aliphatic heterocycles. The molecule has 0 unspecified atom stereocenters. The predicted octanol–water partition coefficient (Wildman–Crippen LogP) is 3.76. The molecule has 94 valence electrons. The van der Waals surface area contributed by atoms with Gasteiger partial charge in [0.1, 0.15) is 0 Å². The molecule has 0 fully saturated rings. The van der Waals surface area contributed by atoms with Gasteiger partial charge in [0, 0.05) is 30.8 Å². The minimum Gasteiger partial charge on any atom is -0.372 e. The minimum atomic E-state index is 0.212. The number of carbonyl (C=O) groups excluding carboxylic acids is 1. The van der Waals surface area contributed by atoms with Gasteiger partial charge in [0.15, 0.2) is 5.78 Å². The lowest BCUT2D eigenvalue weighted by atomic mass is 10.1. The third-order valence-electron chi connectivity index (χ3n) is 2.84. The second-order valence-electron chi connectivity index (χ2n) is 4.76. The van der Waals surface area contributed by atoms with Gasteiger partial charge in [-0.05, 0) is 37.1 Å². The van der Waals surface area contributed by atoms with Crippen LogP contribution in [0.25, 0.3) is 0 Å². The first-order chi connectivity index (χ1) is 8.08. The average Bonchev–Trinajstić information content (AvgIpc) is 2.35. The molecule has 1 rings (SSSR count). The van der Waals surface area contributed by atoms with Crippen molar-refractivity contribution in [3.05, 3.63) is 29.8 Å². The summed E-state index contributed by atoms with van der Waals surface area (Å²) < 4.78 is 0. The van der Waals surface area contributed by atoms with Gasteiger partial charge in [0.05, 0.1) is 0 Å². The largest absolute Gasteiger partial charge is 0.372 e. The highest BCUT2D eigenvalue weighted by Crippen LogP contribution is 2.17. The van der Waals surface area contributed by atoms with Crippen LogP contribution in [-0.4, -0.2) is 18.9 Å². The average molecular weight is 233 g/mol. The van der Waals surface area contributed by atoms with Crippen LogP contribution in [0.3, 0.4) is 0 Å². The Morgan fingerprint density at radius 3 is 2.18 bits per heavy atom. The Morgan fingerprint density at radius 2 is 1.76 bits per heavy atom. The van der Waals surface area contributed by atoms with Gasteiger partial charge in [0.25, 0.3) is 0 Å².